The Morgan fingerprint density at radius 1 is 1.14 bits per heavy atom. The molecule has 2 aromatic carbocycles. The first-order valence-electron chi connectivity index (χ1n) is 9.30. The molecule has 1 aliphatic rings. The lowest BCUT2D eigenvalue weighted by Crippen LogP contribution is -2.17. The van der Waals surface area contributed by atoms with Gasteiger partial charge in [0.05, 0.1) is 6.10 Å². The molecule has 0 spiro atoms. The molecule has 0 bridgehead atoms. The fourth-order valence-electron chi connectivity index (χ4n) is 2.85. The highest BCUT2D eigenvalue weighted by atomic mass is 16.5. The first-order valence-corrected chi connectivity index (χ1v) is 9.30. The Labute approximate surface area is 164 Å². The van der Waals surface area contributed by atoms with Gasteiger partial charge in [-0.25, -0.2) is 0 Å². The van der Waals surface area contributed by atoms with Crippen molar-refractivity contribution in [3.8, 4) is 5.75 Å². The maximum absolute atomic E-state index is 12.1. The van der Waals surface area contributed by atoms with Crippen molar-refractivity contribution < 1.29 is 19.1 Å². The lowest BCUT2D eigenvalue weighted by atomic mass is 10.1. The average molecular weight is 380 g/mol. The standard InChI is InChI=1S/C22H24N2O4/c1-23-22(26)17-7-4-16(5-8-17)6-13-21(25)24-18-9-11-19(12-10-18)28-15-20-3-2-14-27-20/h4-13,20H,2-3,14-15H2,1H3,(H,23,26)(H,24,25)/b13-6+. The molecule has 0 saturated carbocycles. The molecule has 6 nitrogen and oxygen atoms in total. The summed E-state index contributed by atoms with van der Waals surface area (Å²) < 4.78 is 11.2. The summed E-state index contributed by atoms with van der Waals surface area (Å²) in [6, 6.07) is 14.3. The van der Waals surface area contributed by atoms with Gasteiger partial charge < -0.3 is 20.1 Å². The van der Waals surface area contributed by atoms with Crippen LogP contribution in [0.1, 0.15) is 28.8 Å². The van der Waals surface area contributed by atoms with Crippen molar-refractivity contribution in [3.05, 3.63) is 65.7 Å². The molecule has 2 amide bonds. The molecule has 6 heteroatoms. The van der Waals surface area contributed by atoms with E-state index in [1.165, 1.54) is 6.08 Å². The molecule has 1 atom stereocenters. The number of benzene rings is 2. The van der Waals surface area contributed by atoms with E-state index in [1.54, 1.807) is 49.5 Å². The Morgan fingerprint density at radius 3 is 2.54 bits per heavy atom. The second-order valence-corrected chi connectivity index (χ2v) is 6.49. The molecule has 0 radical (unpaired) electrons. The highest BCUT2D eigenvalue weighted by Crippen LogP contribution is 2.18. The van der Waals surface area contributed by atoms with Crippen LogP contribution < -0.4 is 15.4 Å². The minimum atomic E-state index is -0.233. The first-order chi connectivity index (χ1) is 13.6. The van der Waals surface area contributed by atoms with Crippen LogP contribution in [0.4, 0.5) is 5.69 Å². The molecule has 1 unspecified atom stereocenters. The minimum Gasteiger partial charge on any atom is -0.491 e. The van der Waals surface area contributed by atoms with Crippen LogP contribution in [-0.2, 0) is 9.53 Å². The molecule has 1 saturated heterocycles. The van der Waals surface area contributed by atoms with Crippen molar-refractivity contribution >= 4 is 23.6 Å². The molecule has 1 aliphatic heterocycles. The van der Waals surface area contributed by atoms with Crippen molar-refractivity contribution in [3.63, 3.8) is 0 Å². The molecule has 28 heavy (non-hydrogen) atoms. The van der Waals surface area contributed by atoms with E-state index in [1.807, 2.05) is 12.1 Å². The predicted octanol–water partition coefficient (Wildman–Crippen LogP) is 3.26. The van der Waals surface area contributed by atoms with Crippen molar-refractivity contribution in [2.45, 2.75) is 18.9 Å². The van der Waals surface area contributed by atoms with Crippen molar-refractivity contribution in [1.82, 2.24) is 5.32 Å². The fourth-order valence-corrected chi connectivity index (χ4v) is 2.85. The Kier molecular flexibility index (Phi) is 6.81. The van der Waals surface area contributed by atoms with Gasteiger partial charge in [-0.15, -0.1) is 0 Å². The van der Waals surface area contributed by atoms with Gasteiger partial charge >= 0.3 is 0 Å². The Morgan fingerprint density at radius 2 is 1.89 bits per heavy atom. The van der Waals surface area contributed by atoms with Gasteiger partial charge in [0.2, 0.25) is 5.91 Å². The van der Waals surface area contributed by atoms with E-state index in [4.69, 9.17) is 9.47 Å². The SMILES string of the molecule is CNC(=O)c1ccc(/C=C/C(=O)Nc2ccc(OCC3CCCO3)cc2)cc1. The number of amides is 2. The normalized spacial score (nSPS) is 16.1. The van der Waals surface area contributed by atoms with Crippen LogP contribution in [0.25, 0.3) is 6.08 Å². The van der Waals surface area contributed by atoms with E-state index in [0.717, 1.165) is 30.8 Å². The zero-order valence-corrected chi connectivity index (χ0v) is 15.8. The van der Waals surface area contributed by atoms with Gasteiger partial charge in [0, 0.05) is 31.0 Å². The summed E-state index contributed by atoms with van der Waals surface area (Å²) in [5.41, 5.74) is 2.10. The quantitative estimate of drug-likeness (QED) is 0.723. The van der Waals surface area contributed by atoms with Crippen LogP contribution >= 0.6 is 0 Å². The predicted molar refractivity (Wildman–Crippen MR) is 108 cm³/mol. The maximum Gasteiger partial charge on any atom is 0.251 e. The number of nitrogens with one attached hydrogen (secondary N) is 2. The summed E-state index contributed by atoms with van der Waals surface area (Å²) in [7, 11) is 1.59. The monoisotopic (exact) mass is 380 g/mol. The van der Waals surface area contributed by atoms with Gasteiger partial charge in [0.15, 0.2) is 0 Å². The highest BCUT2D eigenvalue weighted by Gasteiger charge is 2.15. The lowest BCUT2D eigenvalue weighted by molar-refractivity contribution is -0.111. The van der Waals surface area contributed by atoms with Gasteiger partial charge in [0.25, 0.3) is 5.91 Å². The van der Waals surface area contributed by atoms with Crippen LogP contribution in [0.3, 0.4) is 0 Å². The van der Waals surface area contributed by atoms with Gasteiger partial charge in [-0.05, 0) is 60.9 Å². The number of anilines is 1. The highest BCUT2D eigenvalue weighted by molar-refractivity contribution is 6.02. The molecule has 2 aromatic rings. The molecule has 1 heterocycles. The van der Waals surface area contributed by atoms with E-state index < -0.39 is 0 Å². The Hall–Kier alpha value is -3.12. The summed E-state index contributed by atoms with van der Waals surface area (Å²) in [6.45, 7) is 1.36. The number of rotatable bonds is 7. The largest absolute Gasteiger partial charge is 0.491 e. The van der Waals surface area contributed by atoms with E-state index in [2.05, 4.69) is 10.6 Å². The minimum absolute atomic E-state index is 0.142. The van der Waals surface area contributed by atoms with Gasteiger partial charge in [0.1, 0.15) is 12.4 Å². The van der Waals surface area contributed by atoms with Crippen molar-refractivity contribution in [2.24, 2.45) is 0 Å². The molecular weight excluding hydrogens is 356 g/mol. The van der Waals surface area contributed by atoms with E-state index >= 15 is 0 Å². The van der Waals surface area contributed by atoms with Gasteiger partial charge in [-0.1, -0.05) is 12.1 Å². The van der Waals surface area contributed by atoms with Gasteiger partial charge in [-0.2, -0.15) is 0 Å². The number of carbonyl (C=O) groups is 2. The van der Waals surface area contributed by atoms with Crippen LogP contribution in [0, 0.1) is 0 Å². The number of hydrogen-bond acceptors (Lipinski definition) is 4. The van der Waals surface area contributed by atoms with Crippen LogP contribution in [0.2, 0.25) is 0 Å². The Bertz CT molecular complexity index is 823. The first kappa shape index (κ1) is 19.6. The second kappa shape index (κ2) is 9.71. The van der Waals surface area contributed by atoms with E-state index in [9.17, 15) is 9.59 Å². The van der Waals surface area contributed by atoms with Crippen LogP contribution in [0.5, 0.6) is 5.75 Å². The third-order valence-electron chi connectivity index (χ3n) is 4.41. The molecule has 0 aliphatic carbocycles. The smallest absolute Gasteiger partial charge is 0.251 e. The summed E-state index contributed by atoms with van der Waals surface area (Å²) >= 11 is 0. The summed E-state index contributed by atoms with van der Waals surface area (Å²) in [6.07, 6.45) is 5.45. The Balaban J connectivity index is 1.48. The number of ether oxygens (including phenoxy) is 2. The molecule has 1 fully saturated rings. The fraction of sp³-hybridized carbons (Fsp3) is 0.273. The van der Waals surface area contributed by atoms with Crippen LogP contribution in [0.15, 0.2) is 54.6 Å². The topological polar surface area (TPSA) is 76.7 Å². The summed E-state index contributed by atoms with van der Waals surface area (Å²) in [5, 5.41) is 5.37. The zero-order chi connectivity index (χ0) is 19.8. The maximum atomic E-state index is 12.1. The summed E-state index contributed by atoms with van der Waals surface area (Å²) in [5.74, 6) is 0.375. The summed E-state index contributed by atoms with van der Waals surface area (Å²) in [4.78, 5) is 23.6. The molecule has 2 N–H and O–H groups in total. The molecule has 0 aromatic heterocycles. The average Bonchev–Trinajstić information content (AvgIpc) is 3.25. The van der Waals surface area contributed by atoms with E-state index in [-0.39, 0.29) is 17.9 Å². The second-order valence-electron chi connectivity index (χ2n) is 6.49. The van der Waals surface area contributed by atoms with Crippen LogP contribution in [-0.4, -0.2) is 38.2 Å². The molecular formula is C22H24N2O4. The van der Waals surface area contributed by atoms with Crippen molar-refractivity contribution in [2.75, 3.05) is 25.6 Å². The third-order valence-corrected chi connectivity index (χ3v) is 4.41. The molecule has 3 rings (SSSR count). The third kappa shape index (κ3) is 5.69. The van der Waals surface area contributed by atoms with Gasteiger partial charge in [-0.3, -0.25) is 9.59 Å². The number of carbonyl (C=O) groups excluding carboxylic acids is 2. The molecule has 146 valence electrons. The van der Waals surface area contributed by atoms with E-state index in [0.29, 0.717) is 17.9 Å². The number of hydrogen-bond donors (Lipinski definition) is 2. The zero-order valence-electron chi connectivity index (χ0n) is 15.8. The lowest BCUT2D eigenvalue weighted by Gasteiger charge is -2.11. The van der Waals surface area contributed by atoms with Crippen molar-refractivity contribution in [1.29, 1.82) is 0 Å².